The molecule has 0 bridgehead atoms. The zero-order valence-corrected chi connectivity index (χ0v) is 9.90. The second-order valence-corrected chi connectivity index (χ2v) is 4.57. The van der Waals surface area contributed by atoms with Crippen LogP contribution < -0.4 is 10.6 Å². The molecular weight excluding hydrogens is 204 g/mol. The summed E-state index contributed by atoms with van der Waals surface area (Å²) in [4.78, 5) is 0. The molecular formula is C12H16N2S. The van der Waals surface area contributed by atoms with Crippen molar-refractivity contribution in [2.75, 3.05) is 6.54 Å². The Hall–Kier alpha value is -1.09. The van der Waals surface area contributed by atoms with E-state index in [1.807, 2.05) is 0 Å². The minimum absolute atomic E-state index is 0.416. The average molecular weight is 220 g/mol. The predicted octanol–water partition coefficient (Wildman–Crippen LogP) is 1.94. The van der Waals surface area contributed by atoms with Crippen LogP contribution in [0.2, 0.25) is 0 Å². The number of nitrogens with one attached hydrogen (secondary N) is 2. The van der Waals surface area contributed by atoms with Crippen LogP contribution in [-0.2, 0) is 0 Å². The highest BCUT2D eigenvalue weighted by Crippen LogP contribution is 2.21. The second kappa shape index (κ2) is 4.19. The van der Waals surface area contributed by atoms with Gasteiger partial charge in [0.1, 0.15) is 0 Å². The molecule has 2 nitrogen and oxygen atoms in total. The minimum atomic E-state index is 0.416. The van der Waals surface area contributed by atoms with Crippen molar-refractivity contribution in [3.63, 3.8) is 0 Å². The lowest BCUT2D eigenvalue weighted by Crippen LogP contribution is -2.31. The first-order valence-electron chi connectivity index (χ1n) is 5.28. The molecule has 3 heteroatoms. The van der Waals surface area contributed by atoms with E-state index in [2.05, 4.69) is 48.7 Å². The van der Waals surface area contributed by atoms with E-state index in [1.165, 1.54) is 11.1 Å². The lowest BCUT2D eigenvalue weighted by atomic mass is 9.93. The molecule has 2 N–H and O–H groups in total. The fraction of sp³-hybridized carbons (Fsp3) is 0.417. The van der Waals surface area contributed by atoms with Gasteiger partial charge >= 0.3 is 0 Å². The first kappa shape index (κ1) is 10.4. The molecule has 0 radical (unpaired) electrons. The molecule has 0 spiro atoms. The number of benzene rings is 1. The van der Waals surface area contributed by atoms with Crippen molar-refractivity contribution in [1.29, 1.82) is 0 Å². The number of thiocarbonyl (C=S) groups is 1. The molecule has 2 atom stereocenters. The molecule has 1 aromatic rings. The van der Waals surface area contributed by atoms with Crippen LogP contribution in [0, 0.1) is 6.92 Å². The summed E-state index contributed by atoms with van der Waals surface area (Å²) in [5.41, 5.74) is 2.69. The predicted molar refractivity (Wildman–Crippen MR) is 67.1 cm³/mol. The van der Waals surface area contributed by atoms with Gasteiger partial charge in [0.25, 0.3) is 0 Å². The Morgan fingerprint density at radius 2 is 2.27 bits per heavy atom. The Kier molecular flexibility index (Phi) is 2.91. The molecule has 1 aliphatic rings. The Bertz CT molecular complexity index is 376. The van der Waals surface area contributed by atoms with Crippen LogP contribution in [0.1, 0.15) is 24.0 Å². The van der Waals surface area contributed by atoms with Gasteiger partial charge in [-0.1, -0.05) is 36.8 Å². The van der Waals surface area contributed by atoms with Gasteiger partial charge in [0.05, 0.1) is 6.04 Å². The van der Waals surface area contributed by atoms with E-state index in [1.54, 1.807) is 0 Å². The zero-order chi connectivity index (χ0) is 10.8. The first-order chi connectivity index (χ1) is 7.16. The van der Waals surface area contributed by atoms with Crippen LogP contribution in [0.3, 0.4) is 0 Å². The number of rotatable bonds is 2. The van der Waals surface area contributed by atoms with Crippen LogP contribution in [-0.4, -0.2) is 17.7 Å². The highest BCUT2D eigenvalue weighted by Gasteiger charge is 2.24. The number of aryl methyl sites for hydroxylation is 1. The Morgan fingerprint density at radius 1 is 1.47 bits per heavy atom. The molecule has 0 aromatic heterocycles. The van der Waals surface area contributed by atoms with Crippen molar-refractivity contribution in [3.05, 3.63) is 35.4 Å². The van der Waals surface area contributed by atoms with Gasteiger partial charge in [-0.05, 0) is 24.7 Å². The lowest BCUT2D eigenvalue weighted by molar-refractivity contribution is 0.555. The standard InChI is InChI=1S/C12H16N2S/c1-8-4-3-5-10(6-8)9(2)11-7-13-12(15)14-11/h3-6,9,11H,7H2,1-2H3,(H2,13,14,15)/t9-,11?/m0/s1. The second-order valence-electron chi connectivity index (χ2n) is 4.16. The Labute approximate surface area is 96.1 Å². The SMILES string of the molecule is Cc1cccc([C@H](C)C2CNC(=S)N2)c1. The lowest BCUT2D eigenvalue weighted by Gasteiger charge is -2.19. The van der Waals surface area contributed by atoms with Crippen molar-refractivity contribution in [2.45, 2.75) is 25.8 Å². The molecule has 1 fully saturated rings. The number of hydrogen-bond donors (Lipinski definition) is 2. The van der Waals surface area contributed by atoms with Crippen LogP contribution >= 0.6 is 12.2 Å². The summed E-state index contributed by atoms with van der Waals surface area (Å²) < 4.78 is 0. The summed E-state index contributed by atoms with van der Waals surface area (Å²) in [5, 5.41) is 7.22. The summed E-state index contributed by atoms with van der Waals surface area (Å²) in [6.45, 7) is 5.29. The molecule has 1 saturated heterocycles. The van der Waals surface area contributed by atoms with E-state index in [9.17, 15) is 0 Å². The summed E-state index contributed by atoms with van der Waals surface area (Å²) in [7, 11) is 0. The fourth-order valence-electron chi connectivity index (χ4n) is 1.96. The Morgan fingerprint density at radius 3 is 2.87 bits per heavy atom. The van der Waals surface area contributed by atoms with Gasteiger partial charge in [0, 0.05) is 12.5 Å². The van der Waals surface area contributed by atoms with E-state index in [-0.39, 0.29) is 0 Å². The van der Waals surface area contributed by atoms with E-state index >= 15 is 0 Å². The van der Waals surface area contributed by atoms with Gasteiger partial charge in [-0.25, -0.2) is 0 Å². The topological polar surface area (TPSA) is 24.1 Å². The van der Waals surface area contributed by atoms with Gasteiger partial charge in [0.2, 0.25) is 0 Å². The van der Waals surface area contributed by atoms with Crippen LogP contribution in [0.15, 0.2) is 24.3 Å². The molecule has 1 aliphatic heterocycles. The van der Waals surface area contributed by atoms with Crippen LogP contribution in [0.4, 0.5) is 0 Å². The maximum atomic E-state index is 5.07. The molecule has 1 heterocycles. The van der Waals surface area contributed by atoms with Gasteiger partial charge in [-0.3, -0.25) is 0 Å². The Balaban J connectivity index is 2.13. The quantitative estimate of drug-likeness (QED) is 0.745. The van der Waals surface area contributed by atoms with Crippen LogP contribution in [0.5, 0.6) is 0 Å². The van der Waals surface area contributed by atoms with Crippen molar-refractivity contribution in [3.8, 4) is 0 Å². The third-order valence-corrected chi connectivity index (χ3v) is 3.23. The summed E-state index contributed by atoms with van der Waals surface area (Å²) >= 11 is 5.07. The van der Waals surface area contributed by atoms with Gasteiger partial charge in [-0.15, -0.1) is 0 Å². The van der Waals surface area contributed by atoms with Gasteiger partial charge in [0.15, 0.2) is 5.11 Å². The molecule has 0 saturated carbocycles. The number of hydrogen-bond acceptors (Lipinski definition) is 1. The monoisotopic (exact) mass is 220 g/mol. The summed E-state index contributed by atoms with van der Waals surface area (Å²) in [5.74, 6) is 0.484. The molecule has 0 aliphatic carbocycles. The third-order valence-electron chi connectivity index (χ3n) is 2.97. The van der Waals surface area contributed by atoms with Crippen molar-refractivity contribution in [1.82, 2.24) is 10.6 Å². The highest BCUT2D eigenvalue weighted by atomic mass is 32.1. The van der Waals surface area contributed by atoms with Crippen LogP contribution in [0.25, 0.3) is 0 Å². The highest BCUT2D eigenvalue weighted by molar-refractivity contribution is 7.80. The fourth-order valence-corrected chi connectivity index (χ4v) is 2.20. The molecule has 1 unspecified atom stereocenters. The van der Waals surface area contributed by atoms with E-state index < -0.39 is 0 Å². The van der Waals surface area contributed by atoms with Crippen molar-refractivity contribution < 1.29 is 0 Å². The maximum Gasteiger partial charge on any atom is 0.166 e. The molecule has 2 rings (SSSR count). The van der Waals surface area contributed by atoms with Crippen molar-refractivity contribution >= 4 is 17.3 Å². The molecule has 1 aromatic carbocycles. The maximum absolute atomic E-state index is 5.07. The minimum Gasteiger partial charge on any atom is -0.361 e. The molecule has 15 heavy (non-hydrogen) atoms. The third kappa shape index (κ3) is 2.29. The van der Waals surface area contributed by atoms with E-state index in [4.69, 9.17) is 12.2 Å². The summed E-state index contributed by atoms with van der Waals surface area (Å²) in [6.07, 6.45) is 0. The normalized spacial score (nSPS) is 22.0. The van der Waals surface area contributed by atoms with E-state index in [0.29, 0.717) is 12.0 Å². The van der Waals surface area contributed by atoms with Gasteiger partial charge < -0.3 is 10.6 Å². The molecule has 0 amide bonds. The molecule has 80 valence electrons. The largest absolute Gasteiger partial charge is 0.361 e. The average Bonchev–Trinajstić information content (AvgIpc) is 2.64. The first-order valence-corrected chi connectivity index (χ1v) is 5.68. The van der Waals surface area contributed by atoms with Crippen molar-refractivity contribution in [2.24, 2.45) is 0 Å². The van der Waals surface area contributed by atoms with Gasteiger partial charge in [-0.2, -0.15) is 0 Å². The smallest absolute Gasteiger partial charge is 0.166 e. The van der Waals surface area contributed by atoms with E-state index in [0.717, 1.165) is 11.7 Å². The zero-order valence-electron chi connectivity index (χ0n) is 9.08. The summed E-state index contributed by atoms with van der Waals surface area (Å²) in [6, 6.07) is 9.08.